The SMILES string of the molecule is COc1ccc(-c2nc(-c3ccc(C[C@H](N)C(=O)O)cc3)no2)cc1-c1ccccc1. The maximum atomic E-state index is 10.9. The van der Waals surface area contributed by atoms with Crippen LogP contribution in [0, 0.1) is 0 Å². The lowest BCUT2D eigenvalue weighted by atomic mass is 10.0. The number of hydrogen-bond acceptors (Lipinski definition) is 6. The molecule has 4 aromatic rings. The van der Waals surface area contributed by atoms with Crippen LogP contribution in [0.4, 0.5) is 0 Å². The van der Waals surface area contributed by atoms with Crippen LogP contribution in [0.2, 0.25) is 0 Å². The largest absolute Gasteiger partial charge is 0.496 e. The fourth-order valence-electron chi connectivity index (χ4n) is 3.27. The lowest BCUT2D eigenvalue weighted by Gasteiger charge is -2.09. The molecule has 156 valence electrons. The van der Waals surface area contributed by atoms with E-state index in [1.54, 1.807) is 7.11 Å². The minimum absolute atomic E-state index is 0.251. The number of carboxylic acids is 1. The van der Waals surface area contributed by atoms with Gasteiger partial charge in [0.1, 0.15) is 11.8 Å². The van der Waals surface area contributed by atoms with Crippen molar-refractivity contribution in [3.05, 3.63) is 78.4 Å². The zero-order valence-corrected chi connectivity index (χ0v) is 16.9. The second-order valence-electron chi connectivity index (χ2n) is 7.05. The number of nitrogens with two attached hydrogens (primary N) is 1. The normalized spacial score (nSPS) is 11.8. The number of aliphatic carboxylic acids is 1. The molecule has 1 heterocycles. The number of carbonyl (C=O) groups is 1. The van der Waals surface area contributed by atoms with Gasteiger partial charge in [-0.15, -0.1) is 0 Å². The summed E-state index contributed by atoms with van der Waals surface area (Å²) in [7, 11) is 1.64. The third-order valence-corrected chi connectivity index (χ3v) is 4.94. The van der Waals surface area contributed by atoms with Crippen LogP contribution in [0.1, 0.15) is 5.56 Å². The van der Waals surface area contributed by atoms with Crippen LogP contribution in [0.5, 0.6) is 5.75 Å². The molecule has 4 rings (SSSR count). The molecule has 0 aliphatic carbocycles. The molecule has 1 aromatic heterocycles. The molecule has 0 radical (unpaired) electrons. The van der Waals surface area contributed by atoms with E-state index in [0.717, 1.165) is 33.6 Å². The van der Waals surface area contributed by atoms with Crippen molar-refractivity contribution < 1.29 is 19.2 Å². The molecule has 3 aromatic carbocycles. The number of ether oxygens (including phenoxy) is 1. The molecule has 0 spiro atoms. The van der Waals surface area contributed by atoms with Gasteiger partial charge in [-0.3, -0.25) is 4.79 Å². The highest BCUT2D eigenvalue weighted by Crippen LogP contribution is 2.34. The van der Waals surface area contributed by atoms with Crippen molar-refractivity contribution in [1.29, 1.82) is 0 Å². The second kappa shape index (κ2) is 8.81. The van der Waals surface area contributed by atoms with E-state index in [4.69, 9.17) is 20.1 Å². The molecule has 0 unspecified atom stereocenters. The fourth-order valence-corrected chi connectivity index (χ4v) is 3.27. The van der Waals surface area contributed by atoms with Gasteiger partial charge in [0.25, 0.3) is 5.89 Å². The van der Waals surface area contributed by atoms with Gasteiger partial charge >= 0.3 is 5.97 Å². The number of benzene rings is 3. The second-order valence-corrected chi connectivity index (χ2v) is 7.05. The quantitative estimate of drug-likeness (QED) is 0.469. The third-order valence-electron chi connectivity index (χ3n) is 4.94. The summed E-state index contributed by atoms with van der Waals surface area (Å²) >= 11 is 0. The molecule has 3 N–H and O–H groups in total. The molecule has 0 bridgehead atoms. The van der Waals surface area contributed by atoms with Crippen LogP contribution < -0.4 is 10.5 Å². The summed E-state index contributed by atoms with van der Waals surface area (Å²) in [5.74, 6) is 0.569. The van der Waals surface area contributed by atoms with Crippen molar-refractivity contribution in [1.82, 2.24) is 10.1 Å². The first-order valence-electron chi connectivity index (χ1n) is 9.70. The smallest absolute Gasteiger partial charge is 0.320 e. The Morgan fingerprint density at radius 1 is 1.03 bits per heavy atom. The zero-order chi connectivity index (χ0) is 21.8. The molecule has 31 heavy (non-hydrogen) atoms. The summed E-state index contributed by atoms with van der Waals surface area (Å²) < 4.78 is 11.0. The molecule has 0 fully saturated rings. The Labute approximate surface area is 179 Å². The van der Waals surface area contributed by atoms with Gasteiger partial charge < -0.3 is 20.1 Å². The van der Waals surface area contributed by atoms with Crippen molar-refractivity contribution in [2.45, 2.75) is 12.5 Å². The summed E-state index contributed by atoms with van der Waals surface area (Å²) in [6.45, 7) is 0. The highest BCUT2D eigenvalue weighted by Gasteiger charge is 2.15. The van der Waals surface area contributed by atoms with E-state index in [1.165, 1.54) is 0 Å². The van der Waals surface area contributed by atoms with Crippen LogP contribution in [-0.2, 0) is 11.2 Å². The predicted octanol–water partition coefficient (Wildman–Crippen LogP) is 4.03. The van der Waals surface area contributed by atoms with Gasteiger partial charge in [-0.05, 0) is 35.7 Å². The number of nitrogens with zero attached hydrogens (tertiary/aromatic N) is 2. The number of methoxy groups -OCH3 is 1. The number of carboxylic acid groups (broad SMARTS) is 1. The van der Waals surface area contributed by atoms with Crippen LogP contribution >= 0.6 is 0 Å². The van der Waals surface area contributed by atoms with E-state index in [-0.39, 0.29) is 6.42 Å². The van der Waals surface area contributed by atoms with Gasteiger partial charge in [0.05, 0.1) is 7.11 Å². The first-order valence-corrected chi connectivity index (χ1v) is 9.70. The standard InChI is InChI=1S/C24H21N3O4/c1-30-21-12-11-18(14-19(21)16-5-3-2-4-6-16)23-26-22(27-31-23)17-9-7-15(8-10-17)13-20(25)24(28)29/h2-12,14,20H,13,25H2,1H3,(H,28,29)/t20-/m0/s1. The monoisotopic (exact) mass is 415 g/mol. The average Bonchev–Trinajstić information content (AvgIpc) is 3.30. The summed E-state index contributed by atoms with van der Waals surface area (Å²) in [4.78, 5) is 15.4. The van der Waals surface area contributed by atoms with Crippen LogP contribution in [0.25, 0.3) is 34.0 Å². The minimum Gasteiger partial charge on any atom is -0.496 e. The molecule has 7 nitrogen and oxygen atoms in total. The van der Waals surface area contributed by atoms with Crippen molar-refractivity contribution in [2.75, 3.05) is 7.11 Å². The maximum Gasteiger partial charge on any atom is 0.320 e. The summed E-state index contributed by atoms with van der Waals surface area (Å²) in [6.07, 6.45) is 0.251. The Bertz CT molecular complexity index is 1190. The first-order chi connectivity index (χ1) is 15.0. The molecular formula is C24H21N3O4. The van der Waals surface area contributed by atoms with E-state index in [1.807, 2.05) is 72.8 Å². The van der Waals surface area contributed by atoms with Crippen LogP contribution in [0.3, 0.4) is 0 Å². The number of rotatable bonds is 7. The van der Waals surface area contributed by atoms with Crippen LogP contribution in [0.15, 0.2) is 77.3 Å². The lowest BCUT2D eigenvalue weighted by molar-refractivity contribution is -0.138. The number of hydrogen-bond donors (Lipinski definition) is 2. The molecule has 0 saturated heterocycles. The highest BCUT2D eigenvalue weighted by atomic mass is 16.5. The molecule has 0 aliphatic rings. The Kier molecular flexibility index (Phi) is 5.77. The lowest BCUT2D eigenvalue weighted by Crippen LogP contribution is -2.32. The summed E-state index contributed by atoms with van der Waals surface area (Å²) in [5, 5.41) is 13.0. The van der Waals surface area contributed by atoms with E-state index in [9.17, 15) is 4.79 Å². The summed E-state index contributed by atoms with van der Waals surface area (Å²) in [6, 6.07) is 22.0. The van der Waals surface area contributed by atoms with Crippen molar-refractivity contribution in [3.63, 3.8) is 0 Å². The molecule has 7 heteroatoms. The van der Waals surface area contributed by atoms with Crippen molar-refractivity contribution in [2.24, 2.45) is 5.73 Å². The fraction of sp³-hybridized carbons (Fsp3) is 0.125. The summed E-state index contributed by atoms with van der Waals surface area (Å²) in [5.41, 5.74) is 9.91. The van der Waals surface area contributed by atoms with E-state index >= 15 is 0 Å². The predicted molar refractivity (Wildman–Crippen MR) is 116 cm³/mol. The van der Waals surface area contributed by atoms with Gasteiger partial charge in [0, 0.05) is 16.7 Å². The zero-order valence-electron chi connectivity index (χ0n) is 16.9. The first kappa shape index (κ1) is 20.3. The van der Waals surface area contributed by atoms with Gasteiger partial charge in [-0.25, -0.2) is 0 Å². The van der Waals surface area contributed by atoms with E-state index in [0.29, 0.717) is 11.7 Å². The van der Waals surface area contributed by atoms with Gasteiger partial charge in [-0.2, -0.15) is 4.98 Å². The minimum atomic E-state index is -1.03. The van der Waals surface area contributed by atoms with E-state index in [2.05, 4.69) is 10.1 Å². The van der Waals surface area contributed by atoms with Crippen molar-refractivity contribution >= 4 is 5.97 Å². The maximum absolute atomic E-state index is 10.9. The Morgan fingerprint density at radius 3 is 2.42 bits per heavy atom. The molecule has 0 saturated carbocycles. The molecule has 1 atom stereocenters. The van der Waals surface area contributed by atoms with Gasteiger partial charge in [-0.1, -0.05) is 59.8 Å². The Morgan fingerprint density at radius 2 is 1.74 bits per heavy atom. The molecule has 0 aliphatic heterocycles. The third kappa shape index (κ3) is 4.46. The van der Waals surface area contributed by atoms with E-state index < -0.39 is 12.0 Å². The molecular weight excluding hydrogens is 394 g/mol. The van der Waals surface area contributed by atoms with Crippen LogP contribution in [-0.4, -0.2) is 34.4 Å². The topological polar surface area (TPSA) is 111 Å². The van der Waals surface area contributed by atoms with Crippen molar-refractivity contribution in [3.8, 4) is 39.7 Å². The Balaban J connectivity index is 1.60. The number of aromatic nitrogens is 2. The van der Waals surface area contributed by atoms with Gasteiger partial charge in [0.15, 0.2) is 0 Å². The average molecular weight is 415 g/mol. The highest BCUT2D eigenvalue weighted by molar-refractivity contribution is 5.76. The Hall–Kier alpha value is -3.97. The molecule has 0 amide bonds. The van der Waals surface area contributed by atoms with Gasteiger partial charge in [0.2, 0.25) is 5.82 Å².